The van der Waals surface area contributed by atoms with Crippen LogP contribution in [0.2, 0.25) is 0 Å². The predicted octanol–water partition coefficient (Wildman–Crippen LogP) is 10.9. The molecule has 0 unspecified atom stereocenters. The molecule has 6 heteroatoms. The first kappa shape index (κ1) is 34.6. The van der Waals surface area contributed by atoms with Crippen LogP contribution < -0.4 is 9.80 Å². The highest BCUT2D eigenvalue weighted by Gasteiger charge is 2.15. The van der Waals surface area contributed by atoms with Crippen molar-refractivity contribution in [3.05, 3.63) is 168 Å². The molecule has 0 N–H and O–H groups in total. The summed E-state index contributed by atoms with van der Waals surface area (Å²) in [4.78, 5) is 4.54. The molecule has 0 heterocycles. The third-order valence-electron chi connectivity index (χ3n) is 8.61. The van der Waals surface area contributed by atoms with Crippen molar-refractivity contribution in [3.63, 3.8) is 0 Å². The van der Waals surface area contributed by atoms with Gasteiger partial charge in [-0.15, -0.1) is 0 Å². The van der Waals surface area contributed by atoms with Gasteiger partial charge in [-0.3, -0.25) is 0 Å². The molecule has 0 bridgehead atoms. The van der Waals surface area contributed by atoms with Crippen molar-refractivity contribution < 1.29 is 18.9 Å². The monoisotopic (exact) mass is 664 g/mol. The minimum atomic E-state index is 0.582. The van der Waals surface area contributed by atoms with Crippen molar-refractivity contribution >= 4 is 34.1 Å². The molecule has 6 aromatic carbocycles. The first-order valence-electron chi connectivity index (χ1n) is 16.7. The Balaban J connectivity index is 1.29. The van der Waals surface area contributed by atoms with Gasteiger partial charge in [0.15, 0.2) is 0 Å². The van der Waals surface area contributed by atoms with Gasteiger partial charge >= 0.3 is 0 Å². The van der Waals surface area contributed by atoms with E-state index in [4.69, 9.17) is 18.9 Å². The highest BCUT2D eigenvalue weighted by atomic mass is 16.5. The maximum absolute atomic E-state index is 5.34. The lowest BCUT2D eigenvalue weighted by Crippen LogP contribution is -2.10. The molecule has 6 nitrogen and oxygen atoms in total. The van der Waals surface area contributed by atoms with E-state index < -0.39 is 0 Å². The van der Waals surface area contributed by atoms with E-state index in [1.54, 1.807) is 28.4 Å². The van der Waals surface area contributed by atoms with E-state index in [-0.39, 0.29) is 0 Å². The Morgan fingerprint density at radius 3 is 0.640 bits per heavy atom. The molecule has 0 amide bonds. The van der Waals surface area contributed by atoms with Crippen molar-refractivity contribution in [2.45, 2.75) is 26.4 Å². The quantitative estimate of drug-likeness (QED) is 0.109. The number of benzene rings is 6. The van der Waals surface area contributed by atoms with Crippen molar-refractivity contribution in [1.82, 2.24) is 0 Å². The summed E-state index contributed by atoms with van der Waals surface area (Å²) in [6.07, 6.45) is 0. The molecule has 0 spiro atoms. The molecule has 6 aromatic rings. The van der Waals surface area contributed by atoms with E-state index in [0.717, 1.165) is 67.5 Å². The van der Waals surface area contributed by atoms with Gasteiger partial charge in [0.05, 0.1) is 26.4 Å². The molecule has 0 atom stereocenters. The molecule has 0 saturated carbocycles. The topological polar surface area (TPSA) is 43.4 Å². The highest BCUT2D eigenvalue weighted by Crippen LogP contribution is 2.38. The number of hydrogen-bond donors (Lipinski definition) is 0. The third-order valence-corrected chi connectivity index (χ3v) is 8.61. The van der Waals surface area contributed by atoms with Crippen LogP contribution in [0.1, 0.15) is 22.3 Å². The van der Waals surface area contributed by atoms with Crippen LogP contribution in [0, 0.1) is 0 Å². The fourth-order valence-electron chi connectivity index (χ4n) is 6.13. The zero-order chi connectivity index (χ0) is 34.7. The molecule has 50 heavy (non-hydrogen) atoms. The van der Waals surface area contributed by atoms with Gasteiger partial charge in [0, 0.05) is 62.6 Å². The Bertz CT molecular complexity index is 1660. The number of anilines is 6. The minimum absolute atomic E-state index is 0.582. The fourth-order valence-corrected chi connectivity index (χ4v) is 6.13. The molecule has 0 aliphatic heterocycles. The fraction of sp³-hybridized carbons (Fsp3) is 0.182. The van der Waals surface area contributed by atoms with Crippen molar-refractivity contribution in [3.8, 4) is 11.1 Å². The second-order valence-electron chi connectivity index (χ2n) is 12.2. The van der Waals surface area contributed by atoms with Gasteiger partial charge in [-0.1, -0.05) is 72.8 Å². The van der Waals surface area contributed by atoms with E-state index in [9.17, 15) is 0 Å². The van der Waals surface area contributed by atoms with E-state index in [1.807, 2.05) is 0 Å². The second kappa shape index (κ2) is 16.9. The SMILES string of the molecule is COCc1ccc(N(c2ccc(COC)cc2)c2ccc(-c3ccc(N(c4ccc(COC)cc4)c4ccc(COC)cc4)cc3)cc2)cc1. The summed E-state index contributed by atoms with van der Waals surface area (Å²) in [5.74, 6) is 0. The molecule has 254 valence electrons. The van der Waals surface area contributed by atoms with Crippen molar-refractivity contribution in [2.24, 2.45) is 0 Å². The Morgan fingerprint density at radius 2 is 0.460 bits per heavy atom. The molecular formula is C44H44N2O4. The van der Waals surface area contributed by atoms with Crippen LogP contribution in [0.4, 0.5) is 34.1 Å². The zero-order valence-electron chi connectivity index (χ0n) is 29.2. The summed E-state index contributed by atoms with van der Waals surface area (Å²) in [5.41, 5.74) is 13.3. The summed E-state index contributed by atoms with van der Waals surface area (Å²) in [6, 6.07) is 51.6. The van der Waals surface area contributed by atoms with Gasteiger partial charge in [-0.25, -0.2) is 0 Å². The minimum Gasteiger partial charge on any atom is -0.380 e. The van der Waals surface area contributed by atoms with Crippen molar-refractivity contribution in [2.75, 3.05) is 38.2 Å². The largest absolute Gasteiger partial charge is 0.380 e. The first-order chi connectivity index (χ1) is 24.6. The maximum atomic E-state index is 5.34. The molecule has 0 aliphatic rings. The van der Waals surface area contributed by atoms with Crippen LogP contribution in [0.25, 0.3) is 11.1 Å². The predicted molar refractivity (Wildman–Crippen MR) is 204 cm³/mol. The lowest BCUT2D eigenvalue weighted by Gasteiger charge is -2.26. The first-order valence-corrected chi connectivity index (χ1v) is 16.7. The Morgan fingerprint density at radius 1 is 0.280 bits per heavy atom. The van der Waals surface area contributed by atoms with Crippen LogP contribution in [0.15, 0.2) is 146 Å². The second-order valence-corrected chi connectivity index (χ2v) is 12.2. The van der Waals surface area contributed by atoms with Crippen LogP contribution in [-0.2, 0) is 45.4 Å². The molecule has 0 aliphatic carbocycles. The molecular weight excluding hydrogens is 620 g/mol. The number of methoxy groups -OCH3 is 4. The van der Waals surface area contributed by atoms with Crippen LogP contribution >= 0.6 is 0 Å². The Hall–Kier alpha value is -5.24. The highest BCUT2D eigenvalue weighted by molar-refractivity contribution is 5.81. The van der Waals surface area contributed by atoms with E-state index in [2.05, 4.69) is 155 Å². The third kappa shape index (κ3) is 8.30. The van der Waals surface area contributed by atoms with Gasteiger partial charge in [-0.2, -0.15) is 0 Å². The van der Waals surface area contributed by atoms with Gasteiger partial charge in [0.1, 0.15) is 0 Å². The number of hydrogen-bond acceptors (Lipinski definition) is 6. The van der Waals surface area contributed by atoms with Crippen molar-refractivity contribution in [1.29, 1.82) is 0 Å². The number of ether oxygens (including phenoxy) is 4. The van der Waals surface area contributed by atoms with Gasteiger partial charge < -0.3 is 28.7 Å². The van der Waals surface area contributed by atoms with E-state index >= 15 is 0 Å². The average molecular weight is 665 g/mol. The summed E-state index contributed by atoms with van der Waals surface area (Å²) in [6.45, 7) is 2.33. The van der Waals surface area contributed by atoms with Crippen LogP contribution in [-0.4, -0.2) is 28.4 Å². The van der Waals surface area contributed by atoms with Gasteiger partial charge in [-0.05, 0) is 106 Å². The standard InChI is InChI=1S/C44H44N2O4/c1-47-29-33-5-17-39(18-6-33)45(40-19-7-34(8-20-40)30-48-2)43-25-13-37(14-26-43)38-15-27-44(28-16-38)46(41-21-9-35(10-22-41)31-49-3)42-23-11-36(12-24-42)32-50-4/h5-28H,29-32H2,1-4H3. The average Bonchev–Trinajstić information content (AvgIpc) is 3.16. The molecule has 0 radical (unpaired) electrons. The zero-order valence-corrected chi connectivity index (χ0v) is 29.2. The number of nitrogens with zero attached hydrogens (tertiary/aromatic N) is 2. The summed E-state index contributed by atoms with van der Waals surface area (Å²) >= 11 is 0. The van der Waals surface area contributed by atoms with Crippen LogP contribution in [0.3, 0.4) is 0 Å². The number of rotatable bonds is 15. The molecule has 0 saturated heterocycles. The maximum Gasteiger partial charge on any atom is 0.0713 e. The Kier molecular flexibility index (Phi) is 11.7. The van der Waals surface area contributed by atoms with Gasteiger partial charge in [0.2, 0.25) is 0 Å². The Labute approximate surface area is 296 Å². The normalized spacial score (nSPS) is 11.0. The molecule has 0 aromatic heterocycles. The molecule has 6 rings (SSSR count). The summed E-state index contributed by atoms with van der Waals surface area (Å²) in [5, 5.41) is 0. The molecule has 0 fully saturated rings. The lowest BCUT2D eigenvalue weighted by atomic mass is 10.0. The van der Waals surface area contributed by atoms with Gasteiger partial charge in [0.25, 0.3) is 0 Å². The smallest absolute Gasteiger partial charge is 0.0713 e. The summed E-state index contributed by atoms with van der Waals surface area (Å²) in [7, 11) is 6.88. The van der Waals surface area contributed by atoms with E-state index in [0.29, 0.717) is 26.4 Å². The van der Waals surface area contributed by atoms with E-state index in [1.165, 1.54) is 0 Å². The lowest BCUT2D eigenvalue weighted by molar-refractivity contribution is 0.185. The van der Waals surface area contributed by atoms with Crippen LogP contribution in [0.5, 0.6) is 0 Å². The summed E-state index contributed by atoms with van der Waals surface area (Å²) < 4.78 is 21.4.